The minimum absolute atomic E-state index is 0.102. The summed E-state index contributed by atoms with van der Waals surface area (Å²) in [6, 6.07) is 12.1. The van der Waals surface area contributed by atoms with Crippen molar-refractivity contribution in [3.8, 4) is 0 Å². The zero-order chi connectivity index (χ0) is 20.3. The lowest BCUT2D eigenvalue weighted by atomic mass is 10.1. The van der Waals surface area contributed by atoms with E-state index in [4.69, 9.17) is 11.6 Å². The molecule has 1 heterocycles. The van der Waals surface area contributed by atoms with E-state index in [0.717, 1.165) is 11.3 Å². The lowest BCUT2D eigenvalue weighted by molar-refractivity contribution is -0.122. The Morgan fingerprint density at radius 1 is 1.18 bits per heavy atom. The second-order valence-corrected chi connectivity index (χ2v) is 7.20. The molecule has 1 fully saturated rings. The number of nitrogens with zero attached hydrogens (tertiary/aromatic N) is 1. The number of aryl methyl sites for hydroxylation is 1. The largest absolute Gasteiger partial charge is 0.352 e. The molecule has 2 aromatic carbocycles. The van der Waals surface area contributed by atoms with Gasteiger partial charge in [-0.1, -0.05) is 17.7 Å². The second kappa shape index (κ2) is 8.44. The highest BCUT2D eigenvalue weighted by molar-refractivity contribution is 6.30. The molecule has 0 aromatic heterocycles. The van der Waals surface area contributed by atoms with Crippen LogP contribution in [0.3, 0.4) is 0 Å². The normalized spacial score (nSPS) is 16.2. The predicted octanol–water partition coefficient (Wildman–Crippen LogP) is 3.39. The Bertz CT molecular complexity index is 912. The number of rotatable bonds is 5. The van der Waals surface area contributed by atoms with Gasteiger partial charge < -0.3 is 15.5 Å². The van der Waals surface area contributed by atoms with Crippen molar-refractivity contribution in [2.75, 3.05) is 23.3 Å². The Kier molecular flexibility index (Phi) is 5.99. The van der Waals surface area contributed by atoms with Gasteiger partial charge >= 0.3 is 0 Å². The Morgan fingerprint density at radius 3 is 2.57 bits per heavy atom. The zero-order valence-corrected chi connectivity index (χ0v) is 16.5. The number of nitrogens with one attached hydrogen (secondary N) is 2. The van der Waals surface area contributed by atoms with Crippen LogP contribution in [0.4, 0.5) is 11.4 Å². The molecule has 0 radical (unpaired) electrons. The van der Waals surface area contributed by atoms with Crippen LogP contribution in [0.1, 0.15) is 29.3 Å². The van der Waals surface area contributed by atoms with Crippen LogP contribution in [0.15, 0.2) is 42.5 Å². The molecule has 0 saturated carbocycles. The third-order valence-electron chi connectivity index (χ3n) is 4.73. The first kappa shape index (κ1) is 19.9. The Labute approximate surface area is 168 Å². The molecule has 1 aliphatic rings. The van der Waals surface area contributed by atoms with Crippen molar-refractivity contribution in [1.29, 1.82) is 0 Å². The van der Waals surface area contributed by atoms with Gasteiger partial charge in [-0.15, -0.1) is 0 Å². The van der Waals surface area contributed by atoms with E-state index in [1.807, 2.05) is 13.8 Å². The molecule has 6 nitrogen and oxygen atoms in total. The molecule has 7 heteroatoms. The van der Waals surface area contributed by atoms with Gasteiger partial charge in [0, 0.05) is 41.5 Å². The minimum Gasteiger partial charge on any atom is -0.352 e. The first-order valence-corrected chi connectivity index (χ1v) is 9.52. The van der Waals surface area contributed by atoms with Crippen LogP contribution in [0.2, 0.25) is 5.02 Å². The summed E-state index contributed by atoms with van der Waals surface area (Å²) in [7, 11) is 0. The maximum Gasteiger partial charge on any atom is 0.251 e. The van der Waals surface area contributed by atoms with E-state index in [9.17, 15) is 14.4 Å². The standard InChI is InChI=1S/C21H22ClN3O3/c1-3-23-20(27)14-5-4-13(2)18(10-14)24-21(28)15-11-19(26)25(12-15)17-8-6-16(22)7-9-17/h4-10,15H,3,11-12H2,1-2H3,(H,23,27)(H,24,28). The topological polar surface area (TPSA) is 78.5 Å². The maximum atomic E-state index is 12.7. The molecule has 1 saturated heterocycles. The van der Waals surface area contributed by atoms with Crippen molar-refractivity contribution >= 4 is 40.7 Å². The number of hydrogen-bond acceptors (Lipinski definition) is 3. The van der Waals surface area contributed by atoms with Gasteiger partial charge in [0.25, 0.3) is 5.91 Å². The van der Waals surface area contributed by atoms with Crippen LogP contribution in [0.25, 0.3) is 0 Å². The van der Waals surface area contributed by atoms with E-state index in [1.54, 1.807) is 47.4 Å². The number of anilines is 2. The highest BCUT2D eigenvalue weighted by atomic mass is 35.5. The number of benzene rings is 2. The van der Waals surface area contributed by atoms with Crippen LogP contribution in [-0.4, -0.2) is 30.8 Å². The highest BCUT2D eigenvalue weighted by Gasteiger charge is 2.35. The summed E-state index contributed by atoms with van der Waals surface area (Å²) in [5.74, 6) is -0.991. The summed E-state index contributed by atoms with van der Waals surface area (Å²) in [4.78, 5) is 38.7. The summed E-state index contributed by atoms with van der Waals surface area (Å²) in [6.45, 7) is 4.54. The molecule has 1 unspecified atom stereocenters. The number of hydrogen-bond donors (Lipinski definition) is 2. The summed E-state index contributed by atoms with van der Waals surface area (Å²) in [6.07, 6.45) is 0.142. The molecule has 0 spiro atoms. The number of carbonyl (C=O) groups is 3. The van der Waals surface area contributed by atoms with Gasteiger partial charge in [-0.3, -0.25) is 14.4 Å². The highest BCUT2D eigenvalue weighted by Crippen LogP contribution is 2.27. The van der Waals surface area contributed by atoms with Crippen molar-refractivity contribution in [2.45, 2.75) is 20.3 Å². The van der Waals surface area contributed by atoms with E-state index in [2.05, 4.69) is 10.6 Å². The number of carbonyl (C=O) groups excluding carboxylic acids is 3. The molecular formula is C21H22ClN3O3. The fraction of sp³-hybridized carbons (Fsp3) is 0.286. The molecular weight excluding hydrogens is 378 g/mol. The predicted molar refractivity (Wildman–Crippen MR) is 110 cm³/mol. The first-order valence-electron chi connectivity index (χ1n) is 9.14. The van der Waals surface area contributed by atoms with Crippen molar-refractivity contribution in [1.82, 2.24) is 5.32 Å². The molecule has 2 N–H and O–H groups in total. The third kappa shape index (κ3) is 4.34. The van der Waals surface area contributed by atoms with Crippen LogP contribution in [-0.2, 0) is 9.59 Å². The SMILES string of the molecule is CCNC(=O)c1ccc(C)c(NC(=O)C2CC(=O)N(c3ccc(Cl)cc3)C2)c1. The van der Waals surface area contributed by atoms with Gasteiger partial charge in [0.1, 0.15) is 0 Å². The smallest absolute Gasteiger partial charge is 0.251 e. The van der Waals surface area contributed by atoms with E-state index in [0.29, 0.717) is 29.4 Å². The molecule has 2 aromatic rings. The van der Waals surface area contributed by atoms with Crippen molar-refractivity contribution in [3.63, 3.8) is 0 Å². The fourth-order valence-electron chi connectivity index (χ4n) is 3.15. The molecule has 0 aliphatic carbocycles. The molecule has 146 valence electrons. The second-order valence-electron chi connectivity index (χ2n) is 6.76. The van der Waals surface area contributed by atoms with Gasteiger partial charge in [-0.05, 0) is 55.8 Å². The van der Waals surface area contributed by atoms with Gasteiger partial charge in [0.2, 0.25) is 11.8 Å². The van der Waals surface area contributed by atoms with E-state index in [1.165, 1.54) is 0 Å². The quantitative estimate of drug-likeness (QED) is 0.808. The van der Waals surface area contributed by atoms with Crippen molar-refractivity contribution in [3.05, 3.63) is 58.6 Å². The van der Waals surface area contributed by atoms with Crippen molar-refractivity contribution < 1.29 is 14.4 Å². The molecule has 0 bridgehead atoms. The first-order chi connectivity index (χ1) is 13.4. The molecule has 1 atom stereocenters. The summed E-state index contributed by atoms with van der Waals surface area (Å²) in [5, 5.41) is 6.20. The van der Waals surface area contributed by atoms with Gasteiger partial charge in [-0.25, -0.2) is 0 Å². The van der Waals surface area contributed by atoms with Crippen molar-refractivity contribution in [2.24, 2.45) is 5.92 Å². The molecule has 3 rings (SSSR count). The average molecular weight is 400 g/mol. The van der Waals surface area contributed by atoms with E-state index >= 15 is 0 Å². The lowest BCUT2D eigenvalue weighted by Crippen LogP contribution is -2.28. The van der Waals surface area contributed by atoms with Crippen LogP contribution in [0, 0.1) is 12.8 Å². The summed E-state index contributed by atoms with van der Waals surface area (Å²) in [5.41, 5.74) is 2.62. The Balaban J connectivity index is 1.71. The zero-order valence-electron chi connectivity index (χ0n) is 15.8. The minimum atomic E-state index is -0.462. The average Bonchev–Trinajstić information content (AvgIpc) is 3.06. The number of amides is 3. The van der Waals surface area contributed by atoms with E-state index < -0.39 is 5.92 Å². The van der Waals surface area contributed by atoms with Crippen LogP contribution < -0.4 is 15.5 Å². The van der Waals surface area contributed by atoms with Gasteiger partial charge in [-0.2, -0.15) is 0 Å². The molecule has 28 heavy (non-hydrogen) atoms. The lowest BCUT2D eigenvalue weighted by Gasteiger charge is -2.17. The number of halogens is 1. The van der Waals surface area contributed by atoms with Crippen LogP contribution >= 0.6 is 11.6 Å². The Morgan fingerprint density at radius 2 is 1.89 bits per heavy atom. The fourth-order valence-corrected chi connectivity index (χ4v) is 3.28. The van der Waals surface area contributed by atoms with Gasteiger partial charge in [0.05, 0.1) is 5.92 Å². The maximum absolute atomic E-state index is 12.7. The van der Waals surface area contributed by atoms with Gasteiger partial charge in [0.15, 0.2) is 0 Å². The van der Waals surface area contributed by atoms with E-state index in [-0.39, 0.29) is 24.1 Å². The summed E-state index contributed by atoms with van der Waals surface area (Å²) >= 11 is 5.90. The molecule has 3 amide bonds. The molecule has 1 aliphatic heterocycles. The Hall–Kier alpha value is -2.86. The summed E-state index contributed by atoms with van der Waals surface area (Å²) < 4.78 is 0. The third-order valence-corrected chi connectivity index (χ3v) is 4.98. The monoisotopic (exact) mass is 399 g/mol. The van der Waals surface area contributed by atoms with Crippen LogP contribution in [0.5, 0.6) is 0 Å².